The van der Waals surface area contributed by atoms with Gasteiger partial charge in [-0.15, -0.1) is 11.3 Å². The van der Waals surface area contributed by atoms with Gasteiger partial charge in [0.15, 0.2) is 0 Å². The lowest BCUT2D eigenvalue weighted by Crippen LogP contribution is -2.54. The van der Waals surface area contributed by atoms with Gasteiger partial charge in [-0.2, -0.15) is 0 Å². The van der Waals surface area contributed by atoms with Gasteiger partial charge < -0.3 is 5.73 Å². The van der Waals surface area contributed by atoms with Crippen LogP contribution in [-0.2, 0) is 6.54 Å². The fourth-order valence-corrected chi connectivity index (χ4v) is 3.88. The smallest absolute Gasteiger partial charge is 0.0794 e. The zero-order valence-corrected chi connectivity index (χ0v) is 10.3. The van der Waals surface area contributed by atoms with Crippen LogP contribution in [0, 0.1) is 0 Å². The third-order valence-electron chi connectivity index (χ3n) is 3.98. The minimum atomic E-state index is 0.438. The molecule has 4 heteroatoms. The summed E-state index contributed by atoms with van der Waals surface area (Å²) in [6, 6.07) is 1.89. The van der Waals surface area contributed by atoms with E-state index in [1.807, 2.05) is 11.7 Å². The van der Waals surface area contributed by atoms with Gasteiger partial charge in [0.05, 0.1) is 5.51 Å². The van der Waals surface area contributed by atoms with E-state index in [1.165, 1.54) is 37.0 Å². The van der Waals surface area contributed by atoms with Crippen molar-refractivity contribution in [2.24, 2.45) is 5.73 Å². The second-order valence-electron chi connectivity index (χ2n) is 5.11. The number of fused-ring (bicyclic) bond motifs is 2. The fourth-order valence-electron chi connectivity index (χ4n) is 3.28. The van der Waals surface area contributed by atoms with Crippen molar-refractivity contribution in [2.75, 3.05) is 0 Å². The van der Waals surface area contributed by atoms with Gasteiger partial charge in [-0.1, -0.05) is 6.42 Å². The first kappa shape index (κ1) is 10.7. The van der Waals surface area contributed by atoms with Gasteiger partial charge in [-0.3, -0.25) is 9.88 Å². The van der Waals surface area contributed by atoms with Gasteiger partial charge in [0, 0.05) is 35.7 Å². The zero-order chi connectivity index (χ0) is 11.0. The van der Waals surface area contributed by atoms with Crippen LogP contribution in [0.1, 0.15) is 37.0 Å². The molecule has 0 aromatic carbocycles. The Morgan fingerprint density at radius 2 is 2.12 bits per heavy atom. The average molecular weight is 237 g/mol. The summed E-state index contributed by atoms with van der Waals surface area (Å²) in [7, 11) is 0. The fraction of sp³-hybridized carbons (Fsp3) is 0.750. The lowest BCUT2D eigenvalue weighted by atomic mass is 9.82. The Labute approximate surface area is 101 Å². The molecule has 0 aliphatic carbocycles. The molecule has 2 unspecified atom stereocenters. The summed E-state index contributed by atoms with van der Waals surface area (Å²) in [5.41, 5.74) is 8.06. The first-order valence-corrected chi connectivity index (χ1v) is 7.09. The zero-order valence-electron chi connectivity index (χ0n) is 9.51. The molecule has 3 rings (SSSR count). The first-order valence-electron chi connectivity index (χ1n) is 6.21. The van der Waals surface area contributed by atoms with Crippen LogP contribution in [0.15, 0.2) is 11.7 Å². The van der Waals surface area contributed by atoms with E-state index in [1.54, 1.807) is 11.3 Å². The third kappa shape index (κ3) is 2.01. The van der Waals surface area contributed by atoms with Gasteiger partial charge in [0.1, 0.15) is 0 Å². The Morgan fingerprint density at radius 1 is 1.38 bits per heavy atom. The second kappa shape index (κ2) is 4.43. The molecule has 2 fully saturated rings. The molecule has 2 bridgehead atoms. The topological polar surface area (TPSA) is 42.1 Å². The molecule has 2 saturated heterocycles. The summed E-state index contributed by atoms with van der Waals surface area (Å²) in [6.07, 6.45) is 8.45. The Hall–Kier alpha value is -0.450. The SMILES string of the molecule is NC1CC2CCCC(C1)N2Cc1cncs1. The van der Waals surface area contributed by atoms with Gasteiger partial charge in [0.2, 0.25) is 0 Å². The van der Waals surface area contributed by atoms with Crippen molar-refractivity contribution in [3.8, 4) is 0 Å². The van der Waals surface area contributed by atoms with Crippen LogP contribution < -0.4 is 5.73 Å². The largest absolute Gasteiger partial charge is 0.328 e. The first-order chi connectivity index (χ1) is 7.83. The van der Waals surface area contributed by atoms with Crippen molar-refractivity contribution in [2.45, 2.75) is 56.8 Å². The Balaban J connectivity index is 1.74. The number of piperidine rings is 2. The normalized spacial score (nSPS) is 35.2. The maximum atomic E-state index is 6.12. The summed E-state index contributed by atoms with van der Waals surface area (Å²) in [5.74, 6) is 0. The molecular formula is C12H19N3S. The monoisotopic (exact) mass is 237 g/mol. The molecule has 0 amide bonds. The third-order valence-corrected chi connectivity index (χ3v) is 4.75. The molecule has 3 heterocycles. The molecule has 1 aromatic rings. The predicted octanol–water partition coefficient (Wildman–Crippen LogP) is 1.99. The molecule has 1 aromatic heterocycles. The van der Waals surface area contributed by atoms with Crippen LogP contribution in [-0.4, -0.2) is 28.0 Å². The van der Waals surface area contributed by atoms with E-state index < -0.39 is 0 Å². The Kier molecular flexibility index (Phi) is 2.96. The van der Waals surface area contributed by atoms with Crippen molar-refractivity contribution >= 4 is 11.3 Å². The molecule has 2 aliphatic rings. The van der Waals surface area contributed by atoms with Gasteiger partial charge >= 0.3 is 0 Å². The van der Waals surface area contributed by atoms with E-state index in [0.29, 0.717) is 6.04 Å². The van der Waals surface area contributed by atoms with Gasteiger partial charge in [-0.25, -0.2) is 0 Å². The summed E-state index contributed by atoms with van der Waals surface area (Å²) in [4.78, 5) is 8.24. The second-order valence-corrected chi connectivity index (χ2v) is 6.08. The number of rotatable bonds is 2. The van der Waals surface area contributed by atoms with Crippen molar-refractivity contribution in [1.29, 1.82) is 0 Å². The van der Waals surface area contributed by atoms with Crippen molar-refractivity contribution in [3.63, 3.8) is 0 Å². The molecule has 3 nitrogen and oxygen atoms in total. The summed E-state index contributed by atoms with van der Waals surface area (Å²) >= 11 is 1.77. The van der Waals surface area contributed by atoms with E-state index >= 15 is 0 Å². The standard InChI is InChI=1S/C12H19N3S/c13-9-4-10-2-1-3-11(5-9)15(10)7-12-6-14-8-16-12/h6,8-11H,1-5,7,13H2. The highest BCUT2D eigenvalue weighted by Crippen LogP contribution is 2.34. The Morgan fingerprint density at radius 3 is 2.75 bits per heavy atom. The molecule has 0 radical (unpaired) electrons. The predicted molar refractivity (Wildman–Crippen MR) is 66.3 cm³/mol. The quantitative estimate of drug-likeness (QED) is 0.855. The number of hydrogen-bond acceptors (Lipinski definition) is 4. The summed E-state index contributed by atoms with van der Waals surface area (Å²) in [6.45, 7) is 1.09. The number of hydrogen-bond donors (Lipinski definition) is 1. The van der Waals surface area contributed by atoms with Crippen molar-refractivity contribution in [1.82, 2.24) is 9.88 Å². The highest BCUT2D eigenvalue weighted by Gasteiger charge is 2.36. The molecule has 2 atom stereocenters. The maximum Gasteiger partial charge on any atom is 0.0794 e. The molecular weight excluding hydrogens is 218 g/mol. The van der Waals surface area contributed by atoms with Crippen molar-refractivity contribution < 1.29 is 0 Å². The van der Waals surface area contributed by atoms with Crippen LogP contribution in [0.4, 0.5) is 0 Å². The van der Waals surface area contributed by atoms with E-state index in [-0.39, 0.29) is 0 Å². The van der Waals surface area contributed by atoms with Crippen LogP contribution in [0.2, 0.25) is 0 Å². The van der Waals surface area contributed by atoms with Crippen LogP contribution >= 0.6 is 11.3 Å². The number of nitrogens with zero attached hydrogens (tertiary/aromatic N) is 2. The van der Waals surface area contributed by atoms with E-state index in [4.69, 9.17) is 5.73 Å². The van der Waals surface area contributed by atoms with Gasteiger partial charge in [-0.05, 0) is 25.7 Å². The van der Waals surface area contributed by atoms with Gasteiger partial charge in [0.25, 0.3) is 0 Å². The highest BCUT2D eigenvalue weighted by atomic mass is 32.1. The van der Waals surface area contributed by atoms with Crippen LogP contribution in [0.3, 0.4) is 0 Å². The van der Waals surface area contributed by atoms with E-state index in [9.17, 15) is 0 Å². The van der Waals surface area contributed by atoms with E-state index in [2.05, 4.69) is 9.88 Å². The molecule has 0 saturated carbocycles. The minimum Gasteiger partial charge on any atom is -0.328 e. The molecule has 2 N–H and O–H groups in total. The lowest BCUT2D eigenvalue weighted by Gasteiger charge is -2.48. The average Bonchev–Trinajstić information content (AvgIpc) is 2.72. The van der Waals surface area contributed by atoms with Crippen LogP contribution in [0.5, 0.6) is 0 Å². The molecule has 88 valence electrons. The highest BCUT2D eigenvalue weighted by molar-refractivity contribution is 7.09. The lowest BCUT2D eigenvalue weighted by molar-refractivity contribution is 0.0253. The molecule has 0 spiro atoms. The summed E-state index contributed by atoms with van der Waals surface area (Å²) in [5, 5.41) is 0. The van der Waals surface area contributed by atoms with E-state index in [0.717, 1.165) is 18.6 Å². The number of thiazole rings is 1. The number of aromatic nitrogens is 1. The Bertz CT molecular complexity index is 324. The van der Waals surface area contributed by atoms with Crippen LogP contribution in [0.25, 0.3) is 0 Å². The maximum absolute atomic E-state index is 6.12. The number of nitrogens with two attached hydrogens (primary N) is 1. The molecule has 2 aliphatic heterocycles. The summed E-state index contributed by atoms with van der Waals surface area (Å²) < 4.78 is 0. The van der Waals surface area contributed by atoms with Crippen molar-refractivity contribution in [3.05, 3.63) is 16.6 Å². The molecule has 16 heavy (non-hydrogen) atoms. The minimum absolute atomic E-state index is 0.438.